The van der Waals surface area contributed by atoms with Crippen LogP contribution in [-0.2, 0) is 19.9 Å². The molecule has 3 heterocycles. The Morgan fingerprint density at radius 3 is 2.53 bits per heavy atom. The molecule has 3 amide bonds. The number of fused-ring (bicyclic) bond motifs is 2. The third kappa shape index (κ3) is 4.73. The number of carbonyl (C=O) groups is 3. The van der Waals surface area contributed by atoms with Crippen LogP contribution in [0.3, 0.4) is 0 Å². The lowest BCUT2D eigenvalue weighted by Crippen LogP contribution is -2.63. The Balaban J connectivity index is 1.33. The lowest BCUT2D eigenvalue weighted by atomic mass is 9.70. The van der Waals surface area contributed by atoms with Crippen molar-refractivity contribution in [1.82, 2.24) is 20.0 Å². The van der Waals surface area contributed by atoms with Crippen molar-refractivity contribution in [2.45, 2.75) is 94.6 Å². The Morgan fingerprint density at radius 2 is 1.95 bits per heavy atom. The first kappa shape index (κ1) is 26.4. The van der Waals surface area contributed by atoms with Gasteiger partial charge >= 0.3 is 6.09 Å². The Morgan fingerprint density at radius 1 is 1.24 bits per heavy atom. The Bertz CT molecular complexity index is 1140. The van der Waals surface area contributed by atoms with Gasteiger partial charge in [0.15, 0.2) is 0 Å². The number of benzene rings is 1. The van der Waals surface area contributed by atoms with Gasteiger partial charge in [0.1, 0.15) is 23.5 Å². The van der Waals surface area contributed by atoms with Gasteiger partial charge in [-0.25, -0.2) is 9.18 Å². The summed E-state index contributed by atoms with van der Waals surface area (Å²) >= 11 is 0. The number of rotatable bonds is 6. The number of nitrogens with zero attached hydrogens (tertiary/aromatic N) is 4. The average molecular weight is 526 g/mol. The summed E-state index contributed by atoms with van der Waals surface area (Å²) in [6, 6.07) is 6.79. The maximum atomic E-state index is 13.7. The molecule has 10 heteroatoms. The summed E-state index contributed by atoms with van der Waals surface area (Å²) in [7, 11) is 0. The van der Waals surface area contributed by atoms with Gasteiger partial charge in [0.05, 0.1) is 17.6 Å². The third-order valence-corrected chi connectivity index (χ3v) is 8.38. The summed E-state index contributed by atoms with van der Waals surface area (Å²) in [6.45, 7) is 6.46. The van der Waals surface area contributed by atoms with Gasteiger partial charge in [-0.1, -0.05) is 12.1 Å². The van der Waals surface area contributed by atoms with Crippen LogP contribution in [0.2, 0.25) is 0 Å². The molecule has 3 aliphatic heterocycles. The summed E-state index contributed by atoms with van der Waals surface area (Å²) in [4.78, 5) is 45.4. The van der Waals surface area contributed by atoms with E-state index in [1.807, 2.05) is 9.80 Å². The molecule has 0 radical (unpaired) electrons. The number of nitriles is 1. The molecule has 1 aliphatic carbocycles. The maximum Gasteiger partial charge on any atom is 0.408 e. The lowest BCUT2D eigenvalue weighted by molar-refractivity contribution is -0.150. The van der Waals surface area contributed by atoms with Crippen molar-refractivity contribution in [2.24, 2.45) is 0 Å². The molecule has 0 spiro atoms. The Hall–Kier alpha value is -3.19. The van der Waals surface area contributed by atoms with Crippen LogP contribution < -0.4 is 5.32 Å². The number of hydrogen-bond acceptors (Lipinski definition) is 6. The van der Waals surface area contributed by atoms with E-state index in [1.54, 1.807) is 32.9 Å². The fourth-order valence-electron chi connectivity index (χ4n) is 6.60. The van der Waals surface area contributed by atoms with Crippen LogP contribution in [0, 0.1) is 17.1 Å². The number of amides is 3. The number of piperazine rings is 1. The number of hydrogen-bond donors (Lipinski definition) is 1. The summed E-state index contributed by atoms with van der Waals surface area (Å²) in [5.74, 6) is -0.605. The van der Waals surface area contributed by atoms with Crippen LogP contribution in [-0.4, -0.2) is 82.0 Å². The topological polar surface area (TPSA) is 106 Å². The van der Waals surface area contributed by atoms with E-state index in [0.29, 0.717) is 25.9 Å². The van der Waals surface area contributed by atoms with Gasteiger partial charge in [0.25, 0.3) is 0 Å². The minimum Gasteiger partial charge on any atom is -0.444 e. The minimum atomic E-state index is -0.936. The minimum absolute atomic E-state index is 0.0183. The van der Waals surface area contributed by atoms with E-state index in [1.165, 1.54) is 17.0 Å². The number of likely N-dealkylation sites (tertiary alicyclic amines) is 3. The first-order chi connectivity index (χ1) is 18.0. The normalized spacial score (nSPS) is 27.1. The lowest BCUT2D eigenvalue weighted by Gasteiger charge is -2.53. The second kappa shape index (κ2) is 9.84. The first-order valence-electron chi connectivity index (χ1n) is 13.6. The van der Waals surface area contributed by atoms with E-state index >= 15 is 0 Å². The molecule has 3 saturated heterocycles. The number of alkyl carbamates (subject to hydrolysis) is 1. The smallest absolute Gasteiger partial charge is 0.408 e. The van der Waals surface area contributed by atoms with Crippen LogP contribution >= 0.6 is 0 Å². The molecule has 38 heavy (non-hydrogen) atoms. The molecule has 5 rings (SSSR count). The quantitative estimate of drug-likeness (QED) is 0.612. The molecule has 4 aliphatic rings. The fraction of sp³-hybridized carbons (Fsp3) is 0.643. The monoisotopic (exact) mass is 525 g/mol. The van der Waals surface area contributed by atoms with Crippen molar-refractivity contribution >= 4 is 17.9 Å². The van der Waals surface area contributed by atoms with Gasteiger partial charge in [-0.2, -0.15) is 5.26 Å². The van der Waals surface area contributed by atoms with Crippen LogP contribution in [0.1, 0.15) is 64.9 Å². The van der Waals surface area contributed by atoms with Crippen molar-refractivity contribution in [1.29, 1.82) is 5.26 Å². The summed E-state index contributed by atoms with van der Waals surface area (Å²) in [6.07, 6.45) is 3.99. The SMILES string of the molecule is CC(C)(C)OC(=O)N[C@@H](CN1C[C@@H]2C[C@H]1C(=O)N2C1(c2ccc(F)cc2)CCC1)C(=O)N1CCC[C@H]1C#N. The van der Waals surface area contributed by atoms with Crippen molar-refractivity contribution in [2.75, 3.05) is 19.6 Å². The number of nitrogens with one attached hydrogen (secondary N) is 1. The zero-order chi connectivity index (χ0) is 27.2. The molecule has 9 nitrogen and oxygen atoms in total. The van der Waals surface area contributed by atoms with Gasteiger partial charge in [-0.15, -0.1) is 0 Å². The number of halogens is 1. The van der Waals surface area contributed by atoms with Gasteiger partial charge in [-0.3, -0.25) is 14.5 Å². The average Bonchev–Trinajstić information content (AvgIpc) is 3.53. The third-order valence-electron chi connectivity index (χ3n) is 8.38. The largest absolute Gasteiger partial charge is 0.444 e. The molecule has 1 saturated carbocycles. The molecular weight excluding hydrogens is 489 g/mol. The molecule has 1 N–H and O–H groups in total. The number of carbonyl (C=O) groups excluding carboxylic acids is 3. The fourth-order valence-corrected chi connectivity index (χ4v) is 6.60. The van der Waals surface area contributed by atoms with E-state index in [9.17, 15) is 24.0 Å². The van der Waals surface area contributed by atoms with Crippen LogP contribution in [0.15, 0.2) is 24.3 Å². The highest BCUT2D eigenvalue weighted by Gasteiger charge is 2.59. The number of ether oxygens (including phenoxy) is 1. The van der Waals surface area contributed by atoms with Crippen LogP contribution in [0.25, 0.3) is 0 Å². The van der Waals surface area contributed by atoms with Crippen molar-refractivity contribution in [3.05, 3.63) is 35.6 Å². The van der Waals surface area contributed by atoms with E-state index in [-0.39, 0.29) is 36.3 Å². The van der Waals surface area contributed by atoms with Gasteiger partial charge in [0, 0.05) is 25.7 Å². The maximum absolute atomic E-state index is 13.7. The first-order valence-corrected chi connectivity index (χ1v) is 13.6. The van der Waals surface area contributed by atoms with Crippen molar-refractivity contribution in [3.8, 4) is 6.07 Å². The Kier molecular flexibility index (Phi) is 6.84. The molecular formula is C28H36FN5O4. The molecule has 2 bridgehead atoms. The molecule has 0 aromatic heterocycles. The van der Waals surface area contributed by atoms with E-state index in [4.69, 9.17) is 4.74 Å². The molecule has 1 aromatic rings. The zero-order valence-corrected chi connectivity index (χ0v) is 22.3. The van der Waals surface area contributed by atoms with Gasteiger partial charge in [0.2, 0.25) is 11.8 Å². The molecule has 4 atom stereocenters. The summed E-state index contributed by atoms with van der Waals surface area (Å²) in [5.41, 5.74) is -0.175. The van der Waals surface area contributed by atoms with Crippen molar-refractivity contribution < 1.29 is 23.5 Å². The van der Waals surface area contributed by atoms with Crippen molar-refractivity contribution in [3.63, 3.8) is 0 Å². The molecule has 1 aromatic carbocycles. The van der Waals surface area contributed by atoms with E-state index in [0.717, 1.165) is 31.2 Å². The predicted molar refractivity (Wildman–Crippen MR) is 136 cm³/mol. The zero-order valence-electron chi connectivity index (χ0n) is 22.3. The van der Waals surface area contributed by atoms with E-state index < -0.39 is 29.3 Å². The van der Waals surface area contributed by atoms with Crippen LogP contribution in [0.4, 0.5) is 9.18 Å². The van der Waals surface area contributed by atoms with E-state index in [2.05, 4.69) is 11.4 Å². The Labute approximate surface area is 222 Å². The standard InChI is InChI=1S/C28H36FN5O4/c1-27(2,3)38-26(37)31-22(24(35)33-13-4-6-20(33)15-30)17-32-16-21-14-23(32)25(36)34(21)28(11-5-12-28)18-7-9-19(29)10-8-18/h7-10,20-23H,4-6,11-14,16-17H2,1-3H3,(H,31,37)/t20-,21-,22-,23-/m0/s1. The predicted octanol–water partition coefficient (Wildman–Crippen LogP) is 2.90. The highest BCUT2D eigenvalue weighted by molar-refractivity contribution is 5.88. The second-order valence-electron chi connectivity index (χ2n) is 12.0. The van der Waals surface area contributed by atoms with Gasteiger partial charge < -0.3 is 19.9 Å². The summed E-state index contributed by atoms with van der Waals surface area (Å²) in [5, 5.41) is 12.2. The molecule has 204 valence electrons. The molecule has 0 unspecified atom stereocenters. The highest BCUT2D eigenvalue weighted by atomic mass is 19.1. The molecule has 4 fully saturated rings. The van der Waals surface area contributed by atoms with Gasteiger partial charge in [-0.05, 0) is 77.0 Å². The second-order valence-corrected chi connectivity index (χ2v) is 12.0. The highest BCUT2D eigenvalue weighted by Crippen LogP contribution is 2.52. The summed E-state index contributed by atoms with van der Waals surface area (Å²) < 4.78 is 19.0. The van der Waals surface area contributed by atoms with Crippen LogP contribution in [0.5, 0.6) is 0 Å².